The second kappa shape index (κ2) is 5.22. The summed E-state index contributed by atoms with van der Waals surface area (Å²) in [5.41, 5.74) is 1.12. The Kier molecular flexibility index (Phi) is 3.85. The molecule has 2 aromatic rings. The smallest absolute Gasteiger partial charge is 0.207 e. The summed E-state index contributed by atoms with van der Waals surface area (Å²) in [6.45, 7) is 0. The minimum absolute atomic E-state index is 0.336. The van der Waals surface area contributed by atoms with Gasteiger partial charge in [0.2, 0.25) is 10.0 Å². The maximum absolute atomic E-state index is 11.9. The Morgan fingerprint density at radius 3 is 2.28 bits per heavy atom. The first-order valence-corrected chi connectivity index (χ1v) is 7.86. The molecule has 5 heteroatoms. The molecule has 0 saturated heterocycles. The summed E-state index contributed by atoms with van der Waals surface area (Å²) in [5.74, 6) is 0. The summed E-state index contributed by atoms with van der Waals surface area (Å²) in [4.78, 5) is 1.61. The molecule has 0 saturated carbocycles. The van der Waals surface area contributed by atoms with Crippen molar-refractivity contribution in [2.24, 2.45) is 0 Å². The largest absolute Gasteiger partial charge is 0.242 e. The summed E-state index contributed by atoms with van der Waals surface area (Å²) >= 11 is 1.71. The van der Waals surface area contributed by atoms with E-state index in [4.69, 9.17) is 0 Å². The molecular weight excluding hydrogens is 266 g/mol. The summed E-state index contributed by atoms with van der Waals surface area (Å²) in [6, 6.07) is 11.2. The zero-order valence-electron chi connectivity index (χ0n) is 10.3. The minimum Gasteiger partial charge on any atom is -0.207 e. The van der Waals surface area contributed by atoms with E-state index in [-0.39, 0.29) is 0 Å². The molecule has 2 rings (SSSR count). The quantitative estimate of drug-likeness (QED) is 0.864. The Morgan fingerprint density at radius 2 is 1.78 bits per heavy atom. The highest BCUT2D eigenvalue weighted by molar-refractivity contribution is 7.89. The van der Waals surface area contributed by atoms with Gasteiger partial charge in [-0.15, -0.1) is 11.3 Å². The van der Waals surface area contributed by atoms with E-state index in [1.54, 1.807) is 23.5 Å². The lowest BCUT2D eigenvalue weighted by Crippen LogP contribution is -2.22. The average molecular weight is 281 g/mol. The van der Waals surface area contributed by atoms with Crippen molar-refractivity contribution in [3.8, 4) is 0 Å². The van der Waals surface area contributed by atoms with Gasteiger partial charge in [0, 0.05) is 25.4 Å². The molecule has 0 unspecified atom stereocenters. The van der Waals surface area contributed by atoms with Crippen LogP contribution in [0.4, 0.5) is 0 Å². The highest BCUT2D eigenvalue weighted by Gasteiger charge is 2.16. The molecule has 0 radical (unpaired) electrons. The van der Waals surface area contributed by atoms with E-state index in [0.717, 1.165) is 12.0 Å². The number of hydrogen-bond donors (Lipinski definition) is 0. The Hall–Kier alpha value is -1.17. The van der Waals surface area contributed by atoms with Crippen molar-refractivity contribution in [3.63, 3.8) is 0 Å². The topological polar surface area (TPSA) is 37.4 Å². The lowest BCUT2D eigenvalue weighted by molar-refractivity contribution is 0.520. The molecule has 1 aromatic heterocycles. The van der Waals surface area contributed by atoms with Crippen LogP contribution in [-0.2, 0) is 16.4 Å². The molecule has 0 aliphatic heterocycles. The van der Waals surface area contributed by atoms with Crippen LogP contribution in [-0.4, -0.2) is 26.8 Å². The van der Waals surface area contributed by atoms with Crippen molar-refractivity contribution in [3.05, 3.63) is 52.2 Å². The molecule has 1 heterocycles. The number of rotatable bonds is 4. The van der Waals surface area contributed by atoms with Gasteiger partial charge in [0.15, 0.2) is 0 Å². The first-order chi connectivity index (χ1) is 8.50. The average Bonchev–Trinajstić information content (AvgIpc) is 2.82. The summed E-state index contributed by atoms with van der Waals surface area (Å²) < 4.78 is 25.0. The molecule has 0 atom stereocenters. The molecule has 18 heavy (non-hydrogen) atoms. The van der Waals surface area contributed by atoms with Crippen LogP contribution in [0, 0.1) is 0 Å². The third kappa shape index (κ3) is 2.80. The fourth-order valence-electron chi connectivity index (χ4n) is 1.60. The standard InChI is InChI=1S/C13H15NO2S2/c1-14(2)18(15,16)13-7-5-11(6-8-13)10-12-4-3-9-17-12/h3-9H,10H2,1-2H3. The van der Waals surface area contributed by atoms with Gasteiger partial charge in [-0.1, -0.05) is 18.2 Å². The van der Waals surface area contributed by atoms with E-state index in [9.17, 15) is 8.42 Å². The minimum atomic E-state index is -3.32. The van der Waals surface area contributed by atoms with Crippen LogP contribution in [0.25, 0.3) is 0 Å². The summed E-state index contributed by atoms with van der Waals surface area (Å²) in [7, 11) is -0.247. The first-order valence-electron chi connectivity index (χ1n) is 5.54. The van der Waals surface area contributed by atoms with Gasteiger partial charge in [-0.25, -0.2) is 12.7 Å². The van der Waals surface area contributed by atoms with Crippen molar-refractivity contribution in [2.45, 2.75) is 11.3 Å². The summed E-state index contributed by atoms with van der Waals surface area (Å²) in [6.07, 6.45) is 0.847. The molecule has 0 spiro atoms. The van der Waals surface area contributed by atoms with E-state index in [0.29, 0.717) is 4.90 Å². The molecule has 0 bridgehead atoms. The zero-order chi connectivity index (χ0) is 13.2. The maximum atomic E-state index is 11.9. The Labute approximate surface area is 112 Å². The number of sulfonamides is 1. The lowest BCUT2D eigenvalue weighted by atomic mass is 10.1. The van der Waals surface area contributed by atoms with Crippen LogP contribution in [0.2, 0.25) is 0 Å². The summed E-state index contributed by atoms with van der Waals surface area (Å²) in [5, 5.41) is 2.04. The molecule has 96 valence electrons. The van der Waals surface area contributed by atoms with E-state index < -0.39 is 10.0 Å². The molecule has 0 fully saturated rings. The second-order valence-corrected chi connectivity index (χ2v) is 7.37. The van der Waals surface area contributed by atoms with Gasteiger partial charge in [-0.3, -0.25) is 0 Å². The van der Waals surface area contributed by atoms with Crippen molar-refractivity contribution in [2.75, 3.05) is 14.1 Å². The number of thiophene rings is 1. The highest BCUT2D eigenvalue weighted by Crippen LogP contribution is 2.18. The van der Waals surface area contributed by atoms with Crippen LogP contribution in [0.15, 0.2) is 46.7 Å². The number of nitrogens with zero attached hydrogens (tertiary/aromatic N) is 1. The van der Waals surface area contributed by atoms with E-state index in [2.05, 4.69) is 6.07 Å². The first kappa shape index (κ1) is 13.3. The Bertz CT molecular complexity index is 599. The monoisotopic (exact) mass is 281 g/mol. The molecule has 3 nitrogen and oxygen atoms in total. The molecular formula is C13H15NO2S2. The molecule has 0 N–H and O–H groups in total. The lowest BCUT2D eigenvalue weighted by Gasteiger charge is -2.11. The predicted octanol–water partition coefficient (Wildman–Crippen LogP) is 2.59. The van der Waals surface area contributed by atoms with Gasteiger partial charge < -0.3 is 0 Å². The number of hydrogen-bond acceptors (Lipinski definition) is 3. The van der Waals surface area contributed by atoms with Crippen LogP contribution in [0.5, 0.6) is 0 Å². The van der Waals surface area contributed by atoms with Gasteiger partial charge in [-0.2, -0.15) is 0 Å². The van der Waals surface area contributed by atoms with E-state index in [1.165, 1.54) is 23.3 Å². The highest BCUT2D eigenvalue weighted by atomic mass is 32.2. The fraction of sp³-hybridized carbons (Fsp3) is 0.231. The van der Waals surface area contributed by atoms with Crippen molar-refractivity contribution < 1.29 is 8.42 Å². The van der Waals surface area contributed by atoms with Crippen LogP contribution in [0.1, 0.15) is 10.4 Å². The Balaban J connectivity index is 2.21. The van der Waals surface area contributed by atoms with Crippen molar-refractivity contribution in [1.29, 1.82) is 0 Å². The third-order valence-corrected chi connectivity index (χ3v) is 5.37. The number of benzene rings is 1. The van der Waals surface area contributed by atoms with E-state index in [1.807, 2.05) is 23.6 Å². The van der Waals surface area contributed by atoms with Crippen molar-refractivity contribution in [1.82, 2.24) is 4.31 Å². The van der Waals surface area contributed by atoms with Crippen LogP contribution < -0.4 is 0 Å². The molecule has 0 aliphatic carbocycles. The van der Waals surface area contributed by atoms with Crippen LogP contribution in [0.3, 0.4) is 0 Å². The molecule has 0 amide bonds. The molecule has 1 aromatic carbocycles. The SMILES string of the molecule is CN(C)S(=O)(=O)c1ccc(Cc2cccs2)cc1. The normalized spacial score (nSPS) is 11.9. The third-order valence-electron chi connectivity index (χ3n) is 2.66. The van der Waals surface area contributed by atoms with Gasteiger partial charge in [0.25, 0.3) is 0 Å². The fourth-order valence-corrected chi connectivity index (χ4v) is 3.25. The predicted molar refractivity (Wildman–Crippen MR) is 74.4 cm³/mol. The zero-order valence-corrected chi connectivity index (χ0v) is 12.0. The van der Waals surface area contributed by atoms with Gasteiger partial charge in [0.05, 0.1) is 4.90 Å². The van der Waals surface area contributed by atoms with Gasteiger partial charge >= 0.3 is 0 Å². The second-order valence-electron chi connectivity index (χ2n) is 4.19. The van der Waals surface area contributed by atoms with E-state index >= 15 is 0 Å². The maximum Gasteiger partial charge on any atom is 0.242 e. The van der Waals surface area contributed by atoms with Crippen molar-refractivity contribution >= 4 is 21.4 Å². The molecule has 0 aliphatic rings. The Morgan fingerprint density at radius 1 is 1.11 bits per heavy atom. The van der Waals surface area contributed by atoms with Crippen LogP contribution >= 0.6 is 11.3 Å². The van der Waals surface area contributed by atoms with Gasteiger partial charge in [0.1, 0.15) is 0 Å². The van der Waals surface area contributed by atoms with Gasteiger partial charge in [-0.05, 0) is 29.1 Å².